The van der Waals surface area contributed by atoms with Gasteiger partial charge in [0.05, 0.1) is 11.6 Å². The highest BCUT2D eigenvalue weighted by Gasteiger charge is 2.19. The first-order valence-electron chi connectivity index (χ1n) is 10.7. The number of amides is 1. The molecular formula is C24H24ClN5O2. The summed E-state index contributed by atoms with van der Waals surface area (Å²) in [6.45, 7) is 3.13. The van der Waals surface area contributed by atoms with Crippen LogP contribution in [0.3, 0.4) is 0 Å². The molecule has 1 aromatic heterocycles. The summed E-state index contributed by atoms with van der Waals surface area (Å²) in [4.78, 5) is 21.3. The zero-order valence-electron chi connectivity index (χ0n) is 17.7. The molecule has 4 rings (SSSR count). The number of nitrogens with zero attached hydrogens (tertiary/aromatic N) is 5. The fourth-order valence-electron chi connectivity index (χ4n) is 3.79. The van der Waals surface area contributed by atoms with Gasteiger partial charge in [-0.15, -0.1) is 0 Å². The van der Waals surface area contributed by atoms with Crippen molar-refractivity contribution in [3.05, 3.63) is 65.0 Å². The maximum Gasteiger partial charge on any atom is 0.226 e. The van der Waals surface area contributed by atoms with Crippen molar-refractivity contribution in [3.8, 4) is 17.5 Å². The van der Waals surface area contributed by atoms with Crippen molar-refractivity contribution in [1.82, 2.24) is 15.0 Å². The molecule has 0 aliphatic carbocycles. The Bertz CT molecular complexity index is 1090. The van der Waals surface area contributed by atoms with Gasteiger partial charge in [-0.3, -0.25) is 4.79 Å². The van der Waals surface area contributed by atoms with E-state index in [-0.39, 0.29) is 5.91 Å². The SMILES string of the molecule is N#Cc1ccc(N2CCCN(C(=O)CCCc3nc(-c4ccc(Cl)cc4)no3)CC2)cc1. The number of carbonyl (C=O) groups is 1. The van der Waals surface area contributed by atoms with Gasteiger partial charge in [0.1, 0.15) is 0 Å². The first-order chi connectivity index (χ1) is 15.6. The van der Waals surface area contributed by atoms with Gasteiger partial charge in [-0.1, -0.05) is 16.8 Å². The second-order valence-electron chi connectivity index (χ2n) is 7.75. The average molecular weight is 450 g/mol. The maximum absolute atomic E-state index is 12.7. The Morgan fingerprint density at radius 2 is 1.84 bits per heavy atom. The minimum atomic E-state index is 0.157. The molecule has 1 aliphatic rings. The van der Waals surface area contributed by atoms with Gasteiger partial charge < -0.3 is 14.3 Å². The lowest BCUT2D eigenvalue weighted by molar-refractivity contribution is -0.131. The third-order valence-electron chi connectivity index (χ3n) is 5.56. The van der Waals surface area contributed by atoms with Crippen LogP contribution in [0.4, 0.5) is 5.69 Å². The number of anilines is 1. The number of nitriles is 1. The molecule has 2 aromatic carbocycles. The lowest BCUT2D eigenvalue weighted by Gasteiger charge is -2.23. The Morgan fingerprint density at radius 3 is 2.59 bits per heavy atom. The van der Waals surface area contributed by atoms with Gasteiger partial charge in [0.25, 0.3) is 0 Å². The molecule has 1 amide bonds. The average Bonchev–Trinajstić information content (AvgIpc) is 3.15. The van der Waals surface area contributed by atoms with Crippen LogP contribution in [0, 0.1) is 11.3 Å². The molecule has 8 heteroatoms. The molecule has 1 fully saturated rings. The van der Waals surface area contributed by atoms with Crippen LogP contribution < -0.4 is 4.90 Å². The first-order valence-corrected chi connectivity index (χ1v) is 11.1. The van der Waals surface area contributed by atoms with Gasteiger partial charge in [0.15, 0.2) is 0 Å². The van der Waals surface area contributed by atoms with Crippen LogP contribution in [0.25, 0.3) is 11.4 Å². The van der Waals surface area contributed by atoms with Crippen LogP contribution in [0.2, 0.25) is 5.02 Å². The zero-order chi connectivity index (χ0) is 22.3. The van der Waals surface area contributed by atoms with E-state index in [1.54, 1.807) is 12.1 Å². The number of carbonyl (C=O) groups excluding carboxylic acids is 1. The summed E-state index contributed by atoms with van der Waals surface area (Å²) in [6.07, 6.45) is 2.60. The van der Waals surface area contributed by atoms with Crippen LogP contribution in [0.1, 0.15) is 30.7 Å². The summed E-state index contributed by atoms with van der Waals surface area (Å²) in [5.41, 5.74) is 2.59. The summed E-state index contributed by atoms with van der Waals surface area (Å²) in [6, 6.07) is 17.0. The Morgan fingerprint density at radius 1 is 1.06 bits per heavy atom. The smallest absolute Gasteiger partial charge is 0.226 e. The van der Waals surface area contributed by atoms with Gasteiger partial charge in [-0.25, -0.2) is 0 Å². The Hall–Kier alpha value is -3.37. The van der Waals surface area contributed by atoms with E-state index >= 15 is 0 Å². The van der Waals surface area contributed by atoms with Crippen molar-refractivity contribution < 1.29 is 9.32 Å². The molecule has 164 valence electrons. The van der Waals surface area contributed by atoms with Crippen LogP contribution in [0.15, 0.2) is 53.1 Å². The number of benzene rings is 2. The van der Waals surface area contributed by atoms with Crippen LogP contribution in [-0.4, -0.2) is 47.1 Å². The number of hydrogen-bond acceptors (Lipinski definition) is 6. The summed E-state index contributed by atoms with van der Waals surface area (Å²) >= 11 is 5.91. The third-order valence-corrected chi connectivity index (χ3v) is 5.81. The highest BCUT2D eigenvalue weighted by molar-refractivity contribution is 6.30. The van der Waals surface area contributed by atoms with E-state index in [1.165, 1.54) is 0 Å². The highest BCUT2D eigenvalue weighted by atomic mass is 35.5. The van der Waals surface area contributed by atoms with E-state index in [2.05, 4.69) is 21.1 Å². The Kier molecular flexibility index (Phi) is 7.03. The summed E-state index contributed by atoms with van der Waals surface area (Å²) in [5, 5.41) is 13.6. The van der Waals surface area contributed by atoms with E-state index < -0.39 is 0 Å². The molecule has 0 unspecified atom stereocenters. The third kappa shape index (κ3) is 5.45. The zero-order valence-corrected chi connectivity index (χ0v) is 18.5. The van der Waals surface area contributed by atoms with Crippen LogP contribution in [-0.2, 0) is 11.2 Å². The standard InChI is InChI=1S/C24H24ClN5O2/c25-20-9-7-19(8-10-20)24-27-22(32-28-24)3-1-4-23(31)30-14-2-13-29(15-16-30)21-11-5-18(17-26)6-12-21/h5-12H,1-4,13-16H2. The van der Waals surface area contributed by atoms with Gasteiger partial charge in [-0.2, -0.15) is 10.2 Å². The summed E-state index contributed by atoms with van der Waals surface area (Å²) < 4.78 is 5.33. The second kappa shape index (κ2) is 10.3. The fraction of sp³-hybridized carbons (Fsp3) is 0.333. The predicted molar refractivity (Wildman–Crippen MR) is 122 cm³/mol. The van der Waals surface area contributed by atoms with E-state index in [1.807, 2.05) is 41.3 Å². The van der Waals surface area contributed by atoms with Gasteiger partial charge >= 0.3 is 0 Å². The molecular weight excluding hydrogens is 426 g/mol. The normalized spacial score (nSPS) is 14.1. The minimum Gasteiger partial charge on any atom is -0.370 e. The molecule has 0 saturated carbocycles. The molecule has 1 aliphatic heterocycles. The number of rotatable bonds is 6. The van der Waals surface area contributed by atoms with Crippen LogP contribution in [0.5, 0.6) is 0 Å². The topological polar surface area (TPSA) is 86.3 Å². The molecule has 0 N–H and O–H groups in total. The molecule has 0 bridgehead atoms. The van der Waals surface area contributed by atoms with Crippen molar-refractivity contribution in [2.24, 2.45) is 0 Å². The van der Waals surface area contributed by atoms with Gasteiger partial charge in [-0.05, 0) is 61.4 Å². The van der Waals surface area contributed by atoms with Crippen molar-refractivity contribution in [1.29, 1.82) is 5.26 Å². The molecule has 0 atom stereocenters. The van der Waals surface area contributed by atoms with E-state index in [9.17, 15) is 4.79 Å². The summed E-state index contributed by atoms with van der Waals surface area (Å²) in [7, 11) is 0. The van der Waals surface area contributed by atoms with Crippen molar-refractivity contribution in [3.63, 3.8) is 0 Å². The van der Waals surface area contributed by atoms with Crippen LogP contribution >= 0.6 is 11.6 Å². The predicted octanol–water partition coefficient (Wildman–Crippen LogP) is 4.32. The Labute approximate surface area is 192 Å². The maximum atomic E-state index is 12.7. The quantitative estimate of drug-likeness (QED) is 0.557. The molecule has 0 radical (unpaired) electrons. The van der Waals surface area contributed by atoms with E-state index in [0.717, 1.165) is 37.3 Å². The largest absolute Gasteiger partial charge is 0.370 e. The number of aromatic nitrogens is 2. The summed E-state index contributed by atoms with van der Waals surface area (Å²) in [5.74, 6) is 1.22. The molecule has 1 saturated heterocycles. The number of aryl methyl sites for hydroxylation is 1. The minimum absolute atomic E-state index is 0.157. The number of halogens is 1. The lowest BCUT2D eigenvalue weighted by Crippen LogP contribution is -2.35. The van der Waals surface area contributed by atoms with Gasteiger partial charge in [0, 0.05) is 55.3 Å². The monoisotopic (exact) mass is 449 g/mol. The first kappa shape index (κ1) is 21.8. The van der Waals surface area contributed by atoms with E-state index in [0.29, 0.717) is 48.1 Å². The van der Waals surface area contributed by atoms with Crippen molar-refractivity contribution in [2.75, 3.05) is 31.1 Å². The molecule has 3 aromatic rings. The molecule has 7 nitrogen and oxygen atoms in total. The van der Waals surface area contributed by atoms with Crippen molar-refractivity contribution >= 4 is 23.2 Å². The Balaban J connectivity index is 1.25. The lowest BCUT2D eigenvalue weighted by atomic mass is 10.2. The van der Waals surface area contributed by atoms with Crippen molar-refractivity contribution in [2.45, 2.75) is 25.7 Å². The van der Waals surface area contributed by atoms with E-state index in [4.69, 9.17) is 21.4 Å². The fourth-order valence-corrected chi connectivity index (χ4v) is 3.92. The molecule has 0 spiro atoms. The number of hydrogen-bond donors (Lipinski definition) is 0. The highest BCUT2D eigenvalue weighted by Crippen LogP contribution is 2.20. The molecule has 32 heavy (non-hydrogen) atoms. The second-order valence-corrected chi connectivity index (χ2v) is 8.19. The molecule has 2 heterocycles. The van der Waals surface area contributed by atoms with Gasteiger partial charge in [0.2, 0.25) is 17.6 Å².